The number of carbonyl (C=O) groups is 1. The first-order valence-corrected chi connectivity index (χ1v) is 7.36. The van der Waals surface area contributed by atoms with Crippen LogP contribution in [0.3, 0.4) is 0 Å². The fraction of sp³-hybridized carbons (Fsp3) is 0.267. The number of nitrogens with one attached hydrogen (secondary N) is 3. The zero-order valence-electron chi connectivity index (χ0n) is 13.0. The second kappa shape index (κ2) is 7.10. The number of thiocarbonyl (C=S) groups is 1. The Bertz CT molecular complexity index is 749. The highest BCUT2D eigenvalue weighted by molar-refractivity contribution is 7.80. The van der Waals surface area contributed by atoms with E-state index in [1.807, 2.05) is 13.8 Å². The van der Waals surface area contributed by atoms with Gasteiger partial charge in [0.15, 0.2) is 5.11 Å². The topological polar surface area (TPSA) is 95.5 Å². The minimum absolute atomic E-state index is 0.0364. The number of hydrazine groups is 1. The Hall–Kier alpha value is -2.61. The standard InChI is InChI=1S/C15H18N4O3S/c1-8(2)16-15(23)19-18-14(21)12-7-13(20)10-5-4-9(22-3)6-11(10)17-12/h4-8H,1-3H3,(H,17,20)(H,18,21)(H2,16,19,23). The number of benzene rings is 1. The summed E-state index contributed by atoms with van der Waals surface area (Å²) in [4.78, 5) is 16.3. The molecule has 0 radical (unpaired) electrons. The molecule has 0 saturated carbocycles. The summed E-state index contributed by atoms with van der Waals surface area (Å²) in [6.45, 7) is 3.85. The van der Waals surface area contributed by atoms with Gasteiger partial charge < -0.3 is 15.2 Å². The normalized spacial score (nSPS) is 10.4. The number of rotatable bonds is 3. The van der Waals surface area contributed by atoms with Crippen LogP contribution >= 0.6 is 12.2 Å². The smallest absolute Gasteiger partial charge is 0.288 e. The number of ether oxygens (including phenoxy) is 1. The molecule has 0 saturated heterocycles. The van der Waals surface area contributed by atoms with Gasteiger partial charge in [-0.3, -0.25) is 15.6 Å². The van der Waals surface area contributed by atoms with Gasteiger partial charge in [-0.25, -0.2) is 4.98 Å². The molecule has 0 aliphatic carbocycles. The van der Waals surface area contributed by atoms with E-state index in [9.17, 15) is 9.90 Å². The van der Waals surface area contributed by atoms with Gasteiger partial charge in [0.05, 0.1) is 12.6 Å². The summed E-state index contributed by atoms with van der Waals surface area (Å²) in [5.41, 5.74) is 5.52. The number of aromatic hydroxyl groups is 1. The molecular formula is C15H18N4O3S. The van der Waals surface area contributed by atoms with Gasteiger partial charge in [0.25, 0.3) is 5.91 Å². The summed E-state index contributed by atoms with van der Waals surface area (Å²) in [5.74, 6) is 0.0333. The Balaban J connectivity index is 2.18. The van der Waals surface area contributed by atoms with Crippen molar-refractivity contribution in [1.82, 2.24) is 21.2 Å². The second-order valence-corrected chi connectivity index (χ2v) is 5.53. The molecule has 0 atom stereocenters. The van der Waals surface area contributed by atoms with Crippen LogP contribution in [0.2, 0.25) is 0 Å². The first-order valence-electron chi connectivity index (χ1n) is 6.95. The van der Waals surface area contributed by atoms with Crippen LogP contribution in [0.25, 0.3) is 10.9 Å². The summed E-state index contributed by atoms with van der Waals surface area (Å²) in [6, 6.07) is 6.47. The largest absolute Gasteiger partial charge is 0.507 e. The maximum atomic E-state index is 12.1. The molecule has 2 aromatic rings. The number of hydrogen-bond acceptors (Lipinski definition) is 5. The minimum atomic E-state index is -0.516. The fourth-order valence-electron chi connectivity index (χ4n) is 1.91. The van der Waals surface area contributed by atoms with E-state index in [0.29, 0.717) is 21.8 Å². The molecule has 0 fully saturated rings. The van der Waals surface area contributed by atoms with Crippen molar-refractivity contribution in [2.45, 2.75) is 19.9 Å². The minimum Gasteiger partial charge on any atom is -0.507 e. The number of hydrogen-bond donors (Lipinski definition) is 4. The van der Waals surface area contributed by atoms with Crippen molar-refractivity contribution in [2.24, 2.45) is 0 Å². The summed E-state index contributed by atoms with van der Waals surface area (Å²) < 4.78 is 5.12. The molecule has 1 aromatic carbocycles. The third kappa shape index (κ3) is 4.19. The Morgan fingerprint density at radius 2 is 2.04 bits per heavy atom. The zero-order valence-corrected chi connectivity index (χ0v) is 13.8. The second-order valence-electron chi connectivity index (χ2n) is 5.12. The number of aromatic nitrogens is 1. The van der Waals surface area contributed by atoms with Crippen LogP contribution in [0, 0.1) is 0 Å². The summed E-state index contributed by atoms with van der Waals surface area (Å²) in [7, 11) is 1.53. The Morgan fingerprint density at radius 1 is 1.30 bits per heavy atom. The number of pyridine rings is 1. The lowest BCUT2D eigenvalue weighted by Gasteiger charge is -2.14. The van der Waals surface area contributed by atoms with Crippen molar-refractivity contribution in [3.05, 3.63) is 30.0 Å². The summed E-state index contributed by atoms with van der Waals surface area (Å²) in [6.07, 6.45) is 0. The molecule has 0 bridgehead atoms. The molecule has 4 N–H and O–H groups in total. The van der Waals surface area contributed by atoms with Crippen LogP contribution < -0.4 is 20.9 Å². The molecular weight excluding hydrogens is 316 g/mol. The molecule has 1 aromatic heterocycles. The monoisotopic (exact) mass is 334 g/mol. The van der Waals surface area contributed by atoms with Crippen molar-refractivity contribution >= 4 is 34.1 Å². The van der Waals surface area contributed by atoms with Gasteiger partial charge in [-0.2, -0.15) is 0 Å². The van der Waals surface area contributed by atoms with Gasteiger partial charge in [0.2, 0.25) is 0 Å². The van der Waals surface area contributed by atoms with Crippen LogP contribution in [-0.2, 0) is 0 Å². The van der Waals surface area contributed by atoms with Crippen molar-refractivity contribution < 1.29 is 14.6 Å². The Morgan fingerprint density at radius 3 is 2.70 bits per heavy atom. The van der Waals surface area contributed by atoms with E-state index in [-0.39, 0.29) is 17.5 Å². The first kappa shape index (κ1) is 16.8. The average Bonchev–Trinajstić information content (AvgIpc) is 2.51. The van der Waals surface area contributed by atoms with Crippen molar-refractivity contribution in [3.63, 3.8) is 0 Å². The molecule has 8 heteroatoms. The van der Waals surface area contributed by atoms with Gasteiger partial charge in [-0.05, 0) is 38.2 Å². The van der Waals surface area contributed by atoms with Gasteiger partial charge >= 0.3 is 0 Å². The molecule has 23 heavy (non-hydrogen) atoms. The number of nitrogens with zero attached hydrogens (tertiary/aromatic N) is 1. The number of amides is 1. The Kier molecular flexibility index (Phi) is 5.17. The van der Waals surface area contributed by atoms with Crippen LogP contribution in [0.5, 0.6) is 11.5 Å². The van der Waals surface area contributed by atoms with Gasteiger partial charge in [-0.1, -0.05) is 0 Å². The van der Waals surface area contributed by atoms with Crippen molar-refractivity contribution in [3.8, 4) is 11.5 Å². The fourth-order valence-corrected chi connectivity index (χ4v) is 2.20. The maximum absolute atomic E-state index is 12.1. The quantitative estimate of drug-likeness (QED) is 0.499. The maximum Gasteiger partial charge on any atom is 0.288 e. The average molecular weight is 334 g/mol. The van der Waals surface area contributed by atoms with Crippen LogP contribution in [0.4, 0.5) is 0 Å². The molecule has 1 amide bonds. The third-order valence-electron chi connectivity index (χ3n) is 2.94. The highest BCUT2D eigenvalue weighted by Crippen LogP contribution is 2.27. The zero-order chi connectivity index (χ0) is 17.0. The van der Waals surface area contributed by atoms with E-state index >= 15 is 0 Å². The van der Waals surface area contributed by atoms with Gasteiger partial charge in [0, 0.05) is 23.6 Å². The summed E-state index contributed by atoms with van der Waals surface area (Å²) >= 11 is 5.01. The molecule has 0 aliphatic rings. The van der Waals surface area contributed by atoms with Crippen molar-refractivity contribution in [1.29, 1.82) is 0 Å². The summed E-state index contributed by atoms with van der Waals surface area (Å²) in [5, 5.41) is 13.8. The number of methoxy groups -OCH3 is 1. The van der Waals surface area contributed by atoms with Gasteiger partial charge in [0.1, 0.15) is 17.2 Å². The van der Waals surface area contributed by atoms with E-state index in [1.54, 1.807) is 18.2 Å². The van der Waals surface area contributed by atoms with Gasteiger partial charge in [-0.15, -0.1) is 0 Å². The predicted molar refractivity (Wildman–Crippen MR) is 91.4 cm³/mol. The SMILES string of the molecule is COc1ccc2c(O)cc(C(=O)NNC(=S)NC(C)C)nc2c1. The molecule has 0 spiro atoms. The van der Waals surface area contributed by atoms with Crippen LogP contribution in [0.1, 0.15) is 24.3 Å². The lowest BCUT2D eigenvalue weighted by Crippen LogP contribution is -2.48. The van der Waals surface area contributed by atoms with Crippen molar-refractivity contribution in [2.75, 3.05) is 7.11 Å². The van der Waals surface area contributed by atoms with E-state index in [2.05, 4.69) is 21.2 Å². The van der Waals surface area contributed by atoms with Crippen LogP contribution in [0.15, 0.2) is 24.3 Å². The predicted octanol–water partition coefficient (Wildman–Crippen LogP) is 1.47. The molecule has 0 aliphatic heterocycles. The molecule has 122 valence electrons. The van der Waals surface area contributed by atoms with E-state index in [4.69, 9.17) is 17.0 Å². The van der Waals surface area contributed by atoms with E-state index in [0.717, 1.165) is 0 Å². The van der Waals surface area contributed by atoms with E-state index < -0.39 is 5.91 Å². The molecule has 0 unspecified atom stereocenters. The third-order valence-corrected chi connectivity index (χ3v) is 3.16. The first-order chi connectivity index (χ1) is 10.9. The lowest BCUT2D eigenvalue weighted by molar-refractivity contribution is 0.0938. The molecule has 7 nitrogen and oxygen atoms in total. The number of carbonyl (C=O) groups excluding carboxylic acids is 1. The van der Waals surface area contributed by atoms with E-state index in [1.165, 1.54) is 13.2 Å². The molecule has 1 heterocycles. The highest BCUT2D eigenvalue weighted by atomic mass is 32.1. The molecule has 2 rings (SSSR count). The Labute approximate surface area is 139 Å². The van der Waals surface area contributed by atoms with Crippen LogP contribution in [-0.4, -0.2) is 34.3 Å². The number of fused-ring (bicyclic) bond motifs is 1. The lowest BCUT2D eigenvalue weighted by atomic mass is 10.1. The highest BCUT2D eigenvalue weighted by Gasteiger charge is 2.12.